The summed E-state index contributed by atoms with van der Waals surface area (Å²) in [6, 6.07) is 19.0. The molecule has 0 unspecified atom stereocenters. The van der Waals surface area contributed by atoms with Gasteiger partial charge < -0.3 is 5.11 Å². The highest BCUT2D eigenvalue weighted by Crippen LogP contribution is 2.42. The molecule has 0 aliphatic heterocycles. The molecule has 0 spiro atoms. The monoisotopic (exact) mass is 281 g/mol. The SMILES string of the molecule is O=Nc1cc(Sc2ccccc2)c2ccccc2c1O. The van der Waals surface area contributed by atoms with Crippen LogP contribution >= 0.6 is 11.8 Å². The van der Waals surface area contributed by atoms with E-state index in [1.165, 1.54) is 0 Å². The van der Waals surface area contributed by atoms with Crippen LogP contribution in [0.5, 0.6) is 5.75 Å². The Bertz CT molecular complexity index is 772. The minimum atomic E-state index is -0.0620. The maximum Gasteiger partial charge on any atom is 0.152 e. The number of phenols is 1. The summed E-state index contributed by atoms with van der Waals surface area (Å²) < 4.78 is 0. The first-order valence-electron chi connectivity index (χ1n) is 6.10. The van der Waals surface area contributed by atoms with Crippen LogP contribution in [0.3, 0.4) is 0 Å². The van der Waals surface area contributed by atoms with Gasteiger partial charge in [0, 0.05) is 15.2 Å². The Morgan fingerprint density at radius 2 is 1.55 bits per heavy atom. The molecule has 3 aromatic carbocycles. The molecule has 20 heavy (non-hydrogen) atoms. The van der Waals surface area contributed by atoms with Crippen molar-refractivity contribution in [2.24, 2.45) is 5.18 Å². The van der Waals surface area contributed by atoms with Crippen LogP contribution in [0, 0.1) is 4.91 Å². The maximum atomic E-state index is 10.9. The lowest BCUT2D eigenvalue weighted by molar-refractivity contribution is 0.483. The highest BCUT2D eigenvalue weighted by atomic mass is 32.2. The molecule has 3 nitrogen and oxygen atoms in total. The van der Waals surface area contributed by atoms with E-state index in [0.29, 0.717) is 5.39 Å². The molecule has 0 bridgehead atoms. The first-order chi connectivity index (χ1) is 9.79. The predicted octanol–water partition coefficient (Wildman–Crippen LogP) is 5.09. The largest absolute Gasteiger partial charge is 0.505 e. The Balaban J connectivity index is 2.19. The zero-order chi connectivity index (χ0) is 13.9. The van der Waals surface area contributed by atoms with Crippen LogP contribution in [0.1, 0.15) is 0 Å². The average Bonchev–Trinajstić information content (AvgIpc) is 2.51. The second-order valence-electron chi connectivity index (χ2n) is 4.29. The number of phenolic OH excluding ortho intramolecular Hbond substituents is 1. The molecule has 0 amide bonds. The van der Waals surface area contributed by atoms with Gasteiger partial charge in [-0.25, -0.2) is 0 Å². The van der Waals surface area contributed by atoms with E-state index in [4.69, 9.17) is 0 Å². The third-order valence-corrected chi connectivity index (χ3v) is 4.09. The van der Waals surface area contributed by atoms with Crippen LogP contribution < -0.4 is 0 Å². The fourth-order valence-electron chi connectivity index (χ4n) is 2.08. The summed E-state index contributed by atoms with van der Waals surface area (Å²) in [6.45, 7) is 0. The highest BCUT2D eigenvalue weighted by Gasteiger charge is 2.12. The molecule has 0 aromatic heterocycles. The van der Waals surface area contributed by atoms with Gasteiger partial charge in [-0.3, -0.25) is 0 Å². The zero-order valence-electron chi connectivity index (χ0n) is 10.5. The van der Waals surface area contributed by atoms with E-state index in [-0.39, 0.29) is 11.4 Å². The molecular weight excluding hydrogens is 270 g/mol. The summed E-state index contributed by atoms with van der Waals surface area (Å²) in [6.07, 6.45) is 0. The molecule has 1 N–H and O–H groups in total. The van der Waals surface area contributed by atoms with Gasteiger partial charge in [0.25, 0.3) is 0 Å². The molecule has 98 valence electrons. The summed E-state index contributed by atoms with van der Waals surface area (Å²) in [5.74, 6) is -0.0620. The van der Waals surface area contributed by atoms with Crippen LogP contribution in [-0.4, -0.2) is 5.11 Å². The number of nitroso groups, excluding NO2 is 1. The van der Waals surface area contributed by atoms with Gasteiger partial charge in [-0.2, -0.15) is 0 Å². The lowest BCUT2D eigenvalue weighted by Gasteiger charge is -2.09. The van der Waals surface area contributed by atoms with Crippen LogP contribution in [0.15, 0.2) is 75.6 Å². The molecule has 0 aliphatic rings. The highest BCUT2D eigenvalue weighted by molar-refractivity contribution is 7.99. The zero-order valence-corrected chi connectivity index (χ0v) is 11.3. The molecular formula is C16H11NO2S. The van der Waals surface area contributed by atoms with Crippen molar-refractivity contribution in [3.05, 3.63) is 65.6 Å². The van der Waals surface area contributed by atoms with Gasteiger partial charge in [-0.05, 0) is 28.8 Å². The molecule has 4 heteroatoms. The molecule has 0 saturated heterocycles. The molecule has 0 atom stereocenters. The van der Waals surface area contributed by atoms with Gasteiger partial charge in [-0.1, -0.05) is 54.2 Å². The Morgan fingerprint density at radius 1 is 0.900 bits per heavy atom. The Morgan fingerprint density at radius 3 is 2.25 bits per heavy atom. The Kier molecular flexibility index (Phi) is 3.39. The van der Waals surface area contributed by atoms with E-state index in [1.807, 2.05) is 48.5 Å². The molecule has 0 saturated carbocycles. The number of fused-ring (bicyclic) bond motifs is 1. The first kappa shape index (κ1) is 12.7. The lowest BCUT2D eigenvalue weighted by Crippen LogP contribution is -1.80. The minimum Gasteiger partial charge on any atom is -0.505 e. The second kappa shape index (κ2) is 5.35. The summed E-state index contributed by atoms with van der Waals surface area (Å²) in [4.78, 5) is 12.8. The van der Waals surface area contributed by atoms with Gasteiger partial charge in [0.2, 0.25) is 0 Å². The molecule has 3 aromatic rings. The second-order valence-corrected chi connectivity index (χ2v) is 5.41. The average molecular weight is 281 g/mol. The third-order valence-electron chi connectivity index (χ3n) is 3.03. The summed E-state index contributed by atoms with van der Waals surface area (Å²) in [5.41, 5.74) is 0.0714. The van der Waals surface area contributed by atoms with Gasteiger partial charge in [-0.15, -0.1) is 4.91 Å². The summed E-state index contributed by atoms with van der Waals surface area (Å²) >= 11 is 1.55. The van der Waals surface area contributed by atoms with Crippen LogP contribution in [0.4, 0.5) is 5.69 Å². The fraction of sp³-hybridized carbons (Fsp3) is 0. The summed E-state index contributed by atoms with van der Waals surface area (Å²) in [7, 11) is 0. The van der Waals surface area contributed by atoms with Crippen molar-refractivity contribution in [1.82, 2.24) is 0 Å². The van der Waals surface area contributed by atoms with E-state index in [1.54, 1.807) is 23.9 Å². The van der Waals surface area contributed by atoms with Crippen molar-refractivity contribution < 1.29 is 5.11 Å². The molecule has 0 heterocycles. The normalized spacial score (nSPS) is 10.6. The molecule has 3 rings (SSSR count). The van der Waals surface area contributed by atoms with Crippen molar-refractivity contribution in [2.75, 3.05) is 0 Å². The standard InChI is InChI=1S/C16H11NO2S/c18-16-13-9-5-4-8-12(13)15(10-14(16)17-19)20-11-6-2-1-3-7-11/h1-10,18H. The van der Waals surface area contributed by atoms with Crippen molar-refractivity contribution in [2.45, 2.75) is 9.79 Å². The number of hydrogen-bond donors (Lipinski definition) is 1. The fourth-order valence-corrected chi connectivity index (χ4v) is 3.09. The van der Waals surface area contributed by atoms with Crippen LogP contribution in [0.2, 0.25) is 0 Å². The topological polar surface area (TPSA) is 49.7 Å². The van der Waals surface area contributed by atoms with E-state index >= 15 is 0 Å². The minimum absolute atomic E-state index is 0.0620. The van der Waals surface area contributed by atoms with E-state index in [2.05, 4.69) is 5.18 Å². The van der Waals surface area contributed by atoms with E-state index in [9.17, 15) is 10.0 Å². The third kappa shape index (κ3) is 2.26. The van der Waals surface area contributed by atoms with Gasteiger partial charge in [0.15, 0.2) is 11.4 Å². The molecule has 0 fully saturated rings. The number of rotatable bonds is 3. The van der Waals surface area contributed by atoms with Crippen LogP contribution in [-0.2, 0) is 0 Å². The van der Waals surface area contributed by atoms with Crippen molar-refractivity contribution in [3.63, 3.8) is 0 Å². The van der Waals surface area contributed by atoms with Crippen molar-refractivity contribution in [1.29, 1.82) is 0 Å². The Labute approximate surface area is 120 Å². The first-order valence-corrected chi connectivity index (χ1v) is 6.92. The van der Waals surface area contributed by atoms with Gasteiger partial charge in [0.1, 0.15) is 0 Å². The molecule has 0 aliphatic carbocycles. The van der Waals surface area contributed by atoms with E-state index in [0.717, 1.165) is 15.2 Å². The number of hydrogen-bond acceptors (Lipinski definition) is 4. The van der Waals surface area contributed by atoms with Crippen molar-refractivity contribution in [3.8, 4) is 5.75 Å². The number of nitrogens with zero attached hydrogens (tertiary/aromatic N) is 1. The van der Waals surface area contributed by atoms with Crippen LogP contribution in [0.25, 0.3) is 10.8 Å². The van der Waals surface area contributed by atoms with E-state index < -0.39 is 0 Å². The molecule has 0 radical (unpaired) electrons. The Hall–Kier alpha value is -2.33. The van der Waals surface area contributed by atoms with Gasteiger partial charge in [0.05, 0.1) is 0 Å². The smallest absolute Gasteiger partial charge is 0.152 e. The number of benzene rings is 3. The van der Waals surface area contributed by atoms with Crippen molar-refractivity contribution >= 4 is 28.2 Å². The maximum absolute atomic E-state index is 10.9. The lowest BCUT2D eigenvalue weighted by atomic mass is 10.1. The number of aromatic hydroxyl groups is 1. The quantitative estimate of drug-likeness (QED) is 0.680. The predicted molar refractivity (Wildman–Crippen MR) is 81.6 cm³/mol. The summed E-state index contributed by atoms with van der Waals surface area (Å²) in [5, 5.41) is 14.5. The van der Waals surface area contributed by atoms with Gasteiger partial charge >= 0.3 is 0 Å².